The van der Waals surface area contributed by atoms with Crippen molar-refractivity contribution >= 4 is 0 Å². The average Bonchev–Trinajstić information content (AvgIpc) is 3.00. The van der Waals surface area contributed by atoms with Gasteiger partial charge in [0, 0.05) is 0 Å². The highest BCUT2D eigenvalue weighted by atomic mass is 16.3. The standard InChI is InChI=1S/C27H42O2/c1-17(2)7-6-8-18(3)21-9-10-22-25-23(12-14-27(21,22)5)26(4)13-11-20(28)15-19(26)16-24(25)29/h6-8,16,18,20-25,28-29H,9-15H2,1-5H3/b8-6+/t18-,20+,21-,22+,23+,24+,25+,26+,27-/m1/s1. The molecule has 162 valence electrons. The van der Waals surface area contributed by atoms with E-state index in [0.29, 0.717) is 35.0 Å². The molecule has 0 saturated heterocycles. The van der Waals surface area contributed by atoms with Crippen LogP contribution in [0, 0.1) is 40.4 Å². The highest BCUT2D eigenvalue weighted by Crippen LogP contribution is 2.67. The number of aliphatic hydroxyl groups is 2. The highest BCUT2D eigenvalue weighted by Gasteiger charge is 2.60. The average molecular weight is 399 g/mol. The first-order valence-electron chi connectivity index (χ1n) is 12.1. The molecule has 0 aliphatic heterocycles. The maximum absolute atomic E-state index is 11.3. The van der Waals surface area contributed by atoms with Crippen LogP contribution in [0.5, 0.6) is 0 Å². The molecular formula is C27H42O2. The molecule has 0 aromatic carbocycles. The van der Waals surface area contributed by atoms with E-state index in [1.165, 1.54) is 36.8 Å². The van der Waals surface area contributed by atoms with Crippen LogP contribution in [0.1, 0.15) is 79.6 Å². The lowest BCUT2D eigenvalue weighted by molar-refractivity contribution is -0.0950. The minimum atomic E-state index is -0.326. The molecule has 0 heterocycles. The van der Waals surface area contributed by atoms with E-state index in [1.807, 2.05) is 0 Å². The third kappa shape index (κ3) is 3.49. The monoisotopic (exact) mass is 398 g/mol. The maximum atomic E-state index is 11.3. The van der Waals surface area contributed by atoms with E-state index in [2.05, 4.69) is 58.9 Å². The zero-order valence-corrected chi connectivity index (χ0v) is 19.2. The Morgan fingerprint density at radius 3 is 2.55 bits per heavy atom. The van der Waals surface area contributed by atoms with Crippen molar-refractivity contribution in [3.8, 4) is 0 Å². The van der Waals surface area contributed by atoms with Crippen LogP contribution in [0.4, 0.5) is 0 Å². The fraction of sp³-hybridized carbons (Fsp3) is 0.778. The van der Waals surface area contributed by atoms with Crippen molar-refractivity contribution in [2.24, 2.45) is 40.4 Å². The van der Waals surface area contributed by atoms with Crippen molar-refractivity contribution in [3.05, 3.63) is 35.5 Å². The Bertz CT molecular complexity index is 714. The summed E-state index contributed by atoms with van der Waals surface area (Å²) in [5, 5.41) is 21.5. The number of hydrogen-bond acceptors (Lipinski definition) is 2. The van der Waals surface area contributed by atoms with Gasteiger partial charge in [0.15, 0.2) is 0 Å². The SMILES string of the molecule is CC(C)=C/C=C/[C@@H](C)[C@H]1CC[C@H]2[C@@H]3[C@@H](O)C=C4C[C@@H](O)CC[C@]4(C)[C@H]3CC[C@]12C. The second-order valence-corrected chi connectivity index (χ2v) is 11.5. The van der Waals surface area contributed by atoms with Crippen LogP contribution in [0.2, 0.25) is 0 Å². The van der Waals surface area contributed by atoms with Gasteiger partial charge in [0.05, 0.1) is 12.2 Å². The molecule has 2 heteroatoms. The topological polar surface area (TPSA) is 40.5 Å². The van der Waals surface area contributed by atoms with E-state index in [-0.39, 0.29) is 17.6 Å². The van der Waals surface area contributed by atoms with E-state index >= 15 is 0 Å². The fourth-order valence-corrected chi connectivity index (χ4v) is 8.09. The van der Waals surface area contributed by atoms with Gasteiger partial charge < -0.3 is 10.2 Å². The molecule has 0 bridgehead atoms. The molecular weight excluding hydrogens is 356 g/mol. The molecule has 0 amide bonds. The van der Waals surface area contributed by atoms with Crippen LogP contribution in [-0.4, -0.2) is 22.4 Å². The van der Waals surface area contributed by atoms with Gasteiger partial charge in [-0.15, -0.1) is 0 Å². The molecule has 2 nitrogen and oxygen atoms in total. The number of rotatable bonds is 3. The molecule has 0 radical (unpaired) electrons. The van der Waals surface area contributed by atoms with Gasteiger partial charge >= 0.3 is 0 Å². The highest BCUT2D eigenvalue weighted by molar-refractivity contribution is 5.28. The van der Waals surface area contributed by atoms with E-state index in [0.717, 1.165) is 19.3 Å². The van der Waals surface area contributed by atoms with Crippen LogP contribution in [-0.2, 0) is 0 Å². The summed E-state index contributed by atoms with van der Waals surface area (Å²) in [4.78, 5) is 0. The summed E-state index contributed by atoms with van der Waals surface area (Å²) in [6, 6.07) is 0. The summed E-state index contributed by atoms with van der Waals surface area (Å²) >= 11 is 0. The van der Waals surface area contributed by atoms with Crippen LogP contribution in [0.15, 0.2) is 35.5 Å². The third-order valence-corrected chi connectivity index (χ3v) is 9.66. The van der Waals surface area contributed by atoms with E-state index in [1.54, 1.807) is 0 Å². The van der Waals surface area contributed by atoms with Crippen LogP contribution in [0.3, 0.4) is 0 Å². The summed E-state index contributed by atoms with van der Waals surface area (Å²) in [6.45, 7) is 11.7. The zero-order valence-electron chi connectivity index (χ0n) is 19.2. The largest absolute Gasteiger partial charge is 0.393 e. The normalized spacial score (nSPS) is 47.8. The lowest BCUT2D eigenvalue weighted by atomic mass is 9.46. The second kappa shape index (κ2) is 7.68. The minimum Gasteiger partial charge on any atom is -0.393 e. The van der Waals surface area contributed by atoms with Crippen LogP contribution < -0.4 is 0 Å². The van der Waals surface area contributed by atoms with Gasteiger partial charge in [0.2, 0.25) is 0 Å². The van der Waals surface area contributed by atoms with Crippen molar-refractivity contribution in [2.75, 3.05) is 0 Å². The third-order valence-electron chi connectivity index (χ3n) is 9.66. The molecule has 2 N–H and O–H groups in total. The summed E-state index contributed by atoms with van der Waals surface area (Å²) in [5.74, 6) is 2.91. The molecule has 9 atom stereocenters. The number of allylic oxidation sites excluding steroid dienone is 4. The summed E-state index contributed by atoms with van der Waals surface area (Å²) in [6.07, 6.45) is 16.4. The van der Waals surface area contributed by atoms with Crippen molar-refractivity contribution in [1.82, 2.24) is 0 Å². The van der Waals surface area contributed by atoms with Crippen molar-refractivity contribution in [1.29, 1.82) is 0 Å². The van der Waals surface area contributed by atoms with Crippen molar-refractivity contribution in [3.63, 3.8) is 0 Å². The van der Waals surface area contributed by atoms with Gasteiger partial charge in [-0.2, -0.15) is 0 Å². The zero-order chi connectivity index (χ0) is 21.0. The predicted molar refractivity (Wildman–Crippen MR) is 120 cm³/mol. The Morgan fingerprint density at radius 2 is 1.83 bits per heavy atom. The van der Waals surface area contributed by atoms with Crippen LogP contribution in [0.25, 0.3) is 0 Å². The van der Waals surface area contributed by atoms with Gasteiger partial charge in [-0.1, -0.05) is 56.2 Å². The molecule has 0 spiro atoms. The maximum Gasteiger partial charge on any atom is 0.0757 e. The van der Waals surface area contributed by atoms with Gasteiger partial charge in [0.1, 0.15) is 0 Å². The Hall–Kier alpha value is -0.860. The summed E-state index contributed by atoms with van der Waals surface area (Å²) in [5.41, 5.74) is 3.23. The Labute approximate surface area is 178 Å². The number of hydrogen-bond donors (Lipinski definition) is 2. The van der Waals surface area contributed by atoms with Crippen LogP contribution >= 0.6 is 0 Å². The Morgan fingerprint density at radius 1 is 1.07 bits per heavy atom. The van der Waals surface area contributed by atoms with Crippen molar-refractivity contribution < 1.29 is 10.2 Å². The molecule has 3 fully saturated rings. The van der Waals surface area contributed by atoms with Gasteiger partial charge in [-0.25, -0.2) is 0 Å². The first-order chi connectivity index (χ1) is 13.7. The molecule has 4 rings (SSSR count). The van der Waals surface area contributed by atoms with Crippen molar-refractivity contribution in [2.45, 2.75) is 91.8 Å². The molecule has 4 aliphatic carbocycles. The quantitative estimate of drug-likeness (QED) is 0.448. The van der Waals surface area contributed by atoms with E-state index in [9.17, 15) is 10.2 Å². The molecule has 0 aromatic rings. The van der Waals surface area contributed by atoms with Gasteiger partial charge in [-0.05, 0) is 99.2 Å². The molecule has 4 aliphatic rings. The Kier molecular flexibility index (Phi) is 5.66. The Balaban J connectivity index is 1.60. The fourth-order valence-electron chi connectivity index (χ4n) is 8.09. The van der Waals surface area contributed by atoms with E-state index < -0.39 is 0 Å². The lowest BCUT2D eigenvalue weighted by Crippen LogP contribution is -2.54. The second-order valence-electron chi connectivity index (χ2n) is 11.5. The molecule has 29 heavy (non-hydrogen) atoms. The smallest absolute Gasteiger partial charge is 0.0757 e. The number of aliphatic hydroxyl groups excluding tert-OH is 2. The first-order valence-corrected chi connectivity index (χ1v) is 12.1. The van der Waals surface area contributed by atoms with Gasteiger partial charge in [-0.3, -0.25) is 0 Å². The summed E-state index contributed by atoms with van der Waals surface area (Å²) in [7, 11) is 0. The molecule has 3 saturated carbocycles. The lowest BCUT2D eigenvalue weighted by Gasteiger charge is -2.59. The molecule has 0 unspecified atom stereocenters. The molecule has 0 aromatic heterocycles. The number of fused-ring (bicyclic) bond motifs is 5. The predicted octanol–water partition coefficient (Wildman–Crippen LogP) is 6.06. The van der Waals surface area contributed by atoms with E-state index in [4.69, 9.17) is 0 Å². The van der Waals surface area contributed by atoms with Gasteiger partial charge in [0.25, 0.3) is 0 Å². The minimum absolute atomic E-state index is 0.192. The summed E-state index contributed by atoms with van der Waals surface area (Å²) < 4.78 is 0. The first kappa shape index (κ1) is 21.4.